The van der Waals surface area contributed by atoms with Crippen LogP contribution in [-0.2, 0) is 0 Å². The standard InChI is InChI=1S/C12H13ClO2/c1-9(6-13)8-15-12-10(2)4-3-5-11(12)7-14/h3-7H,8H2,1-2H3/b9-6-. The summed E-state index contributed by atoms with van der Waals surface area (Å²) in [6, 6.07) is 5.47. The second kappa shape index (κ2) is 5.56. The lowest BCUT2D eigenvalue weighted by Crippen LogP contribution is -2.02. The third-order valence-corrected chi connectivity index (χ3v) is 2.37. The molecule has 0 aliphatic heterocycles. The van der Waals surface area contributed by atoms with Crippen LogP contribution in [0.5, 0.6) is 5.75 Å². The molecular formula is C12H13ClO2. The molecule has 3 heteroatoms. The zero-order chi connectivity index (χ0) is 11.3. The maximum atomic E-state index is 10.8. The van der Waals surface area contributed by atoms with Crippen molar-refractivity contribution in [3.63, 3.8) is 0 Å². The zero-order valence-corrected chi connectivity index (χ0v) is 9.54. The molecule has 0 aromatic heterocycles. The van der Waals surface area contributed by atoms with Gasteiger partial charge in [-0.3, -0.25) is 4.79 Å². The van der Waals surface area contributed by atoms with E-state index < -0.39 is 0 Å². The Bertz CT molecular complexity index is 383. The number of carbonyl (C=O) groups excluding carboxylic acids is 1. The van der Waals surface area contributed by atoms with Crippen molar-refractivity contribution in [2.75, 3.05) is 6.61 Å². The number of ether oxygens (including phenoxy) is 1. The van der Waals surface area contributed by atoms with Crippen molar-refractivity contribution in [3.05, 3.63) is 40.4 Å². The largest absolute Gasteiger partial charge is 0.488 e. The van der Waals surface area contributed by atoms with Gasteiger partial charge in [0.1, 0.15) is 12.4 Å². The van der Waals surface area contributed by atoms with Gasteiger partial charge >= 0.3 is 0 Å². The van der Waals surface area contributed by atoms with Crippen LogP contribution in [0.3, 0.4) is 0 Å². The molecule has 0 saturated heterocycles. The van der Waals surface area contributed by atoms with E-state index in [1.807, 2.05) is 26.0 Å². The zero-order valence-electron chi connectivity index (χ0n) is 8.79. The average Bonchev–Trinajstić information content (AvgIpc) is 2.26. The molecule has 0 spiro atoms. The maximum absolute atomic E-state index is 10.8. The Balaban J connectivity index is 2.88. The SMILES string of the molecule is C/C(=C/Cl)COc1c(C)cccc1C=O. The Kier molecular flexibility index (Phi) is 4.37. The van der Waals surface area contributed by atoms with Gasteiger partial charge < -0.3 is 4.74 Å². The predicted octanol–water partition coefficient (Wildman–Crippen LogP) is 3.33. The molecule has 0 radical (unpaired) electrons. The predicted molar refractivity (Wildman–Crippen MR) is 61.7 cm³/mol. The fraction of sp³-hybridized carbons (Fsp3) is 0.250. The van der Waals surface area contributed by atoms with E-state index in [0.29, 0.717) is 17.9 Å². The summed E-state index contributed by atoms with van der Waals surface area (Å²) in [5, 5.41) is 0. The molecule has 0 aliphatic carbocycles. The molecule has 0 heterocycles. The van der Waals surface area contributed by atoms with E-state index in [2.05, 4.69) is 0 Å². The molecule has 0 fully saturated rings. The number of rotatable bonds is 4. The maximum Gasteiger partial charge on any atom is 0.153 e. The molecule has 0 amide bonds. The number of benzene rings is 1. The first kappa shape index (κ1) is 11.8. The Labute approximate surface area is 94.5 Å². The monoisotopic (exact) mass is 224 g/mol. The van der Waals surface area contributed by atoms with Gasteiger partial charge in [0, 0.05) is 5.54 Å². The summed E-state index contributed by atoms with van der Waals surface area (Å²) in [5.74, 6) is 0.630. The number of halogens is 1. The van der Waals surface area contributed by atoms with Crippen molar-refractivity contribution in [1.82, 2.24) is 0 Å². The summed E-state index contributed by atoms with van der Waals surface area (Å²) in [6.45, 7) is 4.17. The number of para-hydroxylation sites is 1. The molecule has 1 aromatic rings. The highest BCUT2D eigenvalue weighted by Crippen LogP contribution is 2.22. The molecule has 0 unspecified atom stereocenters. The summed E-state index contributed by atoms with van der Waals surface area (Å²) < 4.78 is 5.53. The minimum atomic E-state index is 0.398. The molecule has 0 aliphatic rings. The summed E-state index contributed by atoms with van der Waals surface area (Å²) in [4.78, 5) is 10.8. The van der Waals surface area contributed by atoms with Crippen molar-refractivity contribution in [2.24, 2.45) is 0 Å². The van der Waals surface area contributed by atoms with Crippen molar-refractivity contribution in [1.29, 1.82) is 0 Å². The lowest BCUT2D eigenvalue weighted by Gasteiger charge is -2.10. The lowest BCUT2D eigenvalue weighted by atomic mass is 10.1. The van der Waals surface area contributed by atoms with E-state index in [1.165, 1.54) is 5.54 Å². The molecule has 0 saturated carbocycles. The lowest BCUT2D eigenvalue weighted by molar-refractivity contribution is 0.112. The van der Waals surface area contributed by atoms with Crippen molar-refractivity contribution in [3.8, 4) is 5.75 Å². The van der Waals surface area contributed by atoms with E-state index in [9.17, 15) is 4.79 Å². The summed E-state index contributed by atoms with van der Waals surface area (Å²) in [7, 11) is 0. The smallest absolute Gasteiger partial charge is 0.153 e. The van der Waals surface area contributed by atoms with Gasteiger partial charge in [-0.2, -0.15) is 0 Å². The summed E-state index contributed by atoms with van der Waals surface area (Å²) in [5.41, 5.74) is 3.90. The molecule has 2 nitrogen and oxygen atoms in total. The third-order valence-electron chi connectivity index (χ3n) is 2.00. The van der Waals surface area contributed by atoms with Gasteiger partial charge in [0.2, 0.25) is 0 Å². The van der Waals surface area contributed by atoms with Crippen LogP contribution in [0, 0.1) is 6.92 Å². The minimum Gasteiger partial charge on any atom is -0.488 e. The van der Waals surface area contributed by atoms with Crippen LogP contribution in [0.2, 0.25) is 0 Å². The number of aryl methyl sites for hydroxylation is 1. The number of hydrogen-bond acceptors (Lipinski definition) is 2. The fourth-order valence-electron chi connectivity index (χ4n) is 1.18. The van der Waals surface area contributed by atoms with Crippen LogP contribution < -0.4 is 4.74 Å². The second-order valence-corrected chi connectivity index (χ2v) is 3.57. The van der Waals surface area contributed by atoms with Crippen molar-refractivity contribution < 1.29 is 9.53 Å². The Morgan fingerprint density at radius 1 is 1.53 bits per heavy atom. The van der Waals surface area contributed by atoms with E-state index in [4.69, 9.17) is 16.3 Å². The van der Waals surface area contributed by atoms with Gasteiger partial charge in [-0.25, -0.2) is 0 Å². The third kappa shape index (κ3) is 3.10. The second-order valence-electron chi connectivity index (χ2n) is 3.36. The van der Waals surface area contributed by atoms with E-state index in [1.54, 1.807) is 6.07 Å². The first-order valence-electron chi connectivity index (χ1n) is 4.62. The topological polar surface area (TPSA) is 26.3 Å². The Hall–Kier alpha value is -1.28. The first-order valence-corrected chi connectivity index (χ1v) is 5.06. The van der Waals surface area contributed by atoms with Crippen LogP contribution in [-0.4, -0.2) is 12.9 Å². The average molecular weight is 225 g/mol. The highest BCUT2D eigenvalue weighted by atomic mass is 35.5. The summed E-state index contributed by atoms with van der Waals surface area (Å²) in [6.07, 6.45) is 0.794. The molecule has 1 rings (SSSR count). The quantitative estimate of drug-likeness (QED) is 0.734. The van der Waals surface area contributed by atoms with Gasteiger partial charge in [0.25, 0.3) is 0 Å². The molecule has 1 aromatic carbocycles. The Morgan fingerprint density at radius 2 is 2.27 bits per heavy atom. The van der Waals surface area contributed by atoms with E-state index >= 15 is 0 Å². The van der Waals surface area contributed by atoms with Crippen LogP contribution in [0.25, 0.3) is 0 Å². The normalized spacial score (nSPS) is 11.3. The molecule has 0 atom stereocenters. The van der Waals surface area contributed by atoms with Gasteiger partial charge in [-0.15, -0.1) is 0 Å². The highest BCUT2D eigenvalue weighted by molar-refractivity contribution is 6.25. The number of hydrogen-bond donors (Lipinski definition) is 0. The van der Waals surface area contributed by atoms with Gasteiger partial charge in [-0.05, 0) is 31.1 Å². The van der Waals surface area contributed by atoms with Gasteiger partial charge in [0.05, 0.1) is 5.56 Å². The highest BCUT2D eigenvalue weighted by Gasteiger charge is 2.05. The van der Waals surface area contributed by atoms with Gasteiger partial charge in [0.15, 0.2) is 6.29 Å². The number of carbonyl (C=O) groups is 1. The fourth-order valence-corrected chi connectivity index (χ4v) is 1.25. The molecule has 15 heavy (non-hydrogen) atoms. The van der Waals surface area contributed by atoms with Crippen LogP contribution >= 0.6 is 11.6 Å². The van der Waals surface area contributed by atoms with Crippen LogP contribution in [0.15, 0.2) is 29.3 Å². The van der Waals surface area contributed by atoms with E-state index in [-0.39, 0.29) is 0 Å². The van der Waals surface area contributed by atoms with Crippen LogP contribution in [0.1, 0.15) is 22.8 Å². The molecule has 0 N–H and O–H groups in total. The number of aldehydes is 1. The first-order chi connectivity index (χ1) is 7.19. The molecular weight excluding hydrogens is 212 g/mol. The Morgan fingerprint density at radius 3 is 2.87 bits per heavy atom. The molecule has 0 bridgehead atoms. The minimum absolute atomic E-state index is 0.398. The summed E-state index contributed by atoms with van der Waals surface area (Å²) >= 11 is 5.52. The van der Waals surface area contributed by atoms with Crippen molar-refractivity contribution in [2.45, 2.75) is 13.8 Å². The van der Waals surface area contributed by atoms with Gasteiger partial charge in [-0.1, -0.05) is 23.7 Å². The van der Waals surface area contributed by atoms with Crippen molar-refractivity contribution >= 4 is 17.9 Å². The van der Waals surface area contributed by atoms with E-state index in [0.717, 1.165) is 17.4 Å². The molecule has 80 valence electrons. The van der Waals surface area contributed by atoms with Crippen LogP contribution in [0.4, 0.5) is 0 Å².